The summed E-state index contributed by atoms with van der Waals surface area (Å²) < 4.78 is 27.2. The Morgan fingerprint density at radius 1 is 1.06 bits per heavy atom. The second-order valence-electron chi connectivity index (χ2n) is 9.08. The SMILES string of the molecule is CCN(C(=O)c1ccc(NC(=O)Cc2ccc(S(=O)(=O)NC3CC3)cc2)cc1)C1NC(C)C(C)S1. The summed E-state index contributed by atoms with van der Waals surface area (Å²) in [5, 5.41) is 6.73. The number of hydrogen-bond donors (Lipinski definition) is 3. The molecule has 2 aromatic rings. The standard InChI is InChI=1S/C25H32N4O4S2/c1-4-29(25-26-16(2)17(3)34-25)24(31)19-7-9-20(10-8-19)27-23(30)15-18-5-13-22(14-6-18)35(32,33)28-21-11-12-21/h5-10,13-14,16-17,21,25-26,28H,4,11-12,15H2,1-3H3,(H,27,30). The lowest BCUT2D eigenvalue weighted by Crippen LogP contribution is -2.45. The normalized spacial score (nSPS) is 22.1. The minimum absolute atomic E-state index is 0.0443. The number of hydrogen-bond acceptors (Lipinski definition) is 6. The van der Waals surface area contributed by atoms with E-state index in [4.69, 9.17) is 0 Å². The molecule has 1 aliphatic heterocycles. The van der Waals surface area contributed by atoms with Crippen molar-refractivity contribution in [3.05, 3.63) is 59.7 Å². The van der Waals surface area contributed by atoms with Crippen LogP contribution >= 0.6 is 11.8 Å². The maximum Gasteiger partial charge on any atom is 0.255 e. The molecule has 3 unspecified atom stereocenters. The topological polar surface area (TPSA) is 108 Å². The average molecular weight is 517 g/mol. The van der Waals surface area contributed by atoms with Gasteiger partial charge in [-0.15, -0.1) is 11.8 Å². The van der Waals surface area contributed by atoms with Gasteiger partial charge in [-0.05, 0) is 68.7 Å². The Hall–Kier alpha value is -2.40. The Bertz CT molecular complexity index is 1150. The molecule has 4 rings (SSSR count). The second kappa shape index (κ2) is 10.7. The van der Waals surface area contributed by atoms with Crippen molar-refractivity contribution in [1.29, 1.82) is 0 Å². The van der Waals surface area contributed by atoms with Gasteiger partial charge in [0.15, 0.2) is 0 Å². The number of nitrogens with one attached hydrogen (secondary N) is 3. The molecule has 2 aliphatic rings. The number of nitrogens with zero attached hydrogens (tertiary/aromatic N) is 1. The zero-order valence-electron chi connectivity index (χ0n) is 20.2. The van der Waals surface area contributed by atoms with Crippen molar-refractivity contribution >= 4 is 39.3 Å². The Morgan fingerprint density at radius 3 is 2.26 bits per heavy atom. The summed E-state index contributed by atoms with van der Waals surface area (Å²) in [6, 6.07) is 13.6. The first-order chi connectivity index (χ1) is 16.7. The third kappa shape index (κ3) is 6.43. The molecule has 0 bridgehead atoms. The molecular formula is C25H32N4O4S2. The fourth-order valence-corrected chi connectivity index (χ4v) is 6.54. The summed E-state index contributed by atoms with van der Waals surface area (Å²) in [7, 11) is -3.51. The highest BCUT2D eigenvalue weighted by molar-refractivity contribution is 8.00. The predicted molar refractivity (Wildman–Crippen MR) is 139 cm³/mol. The molecule has 35 heavy (non-hydrogen) atoms. The van der Waals surface area contributed by atoms with Gasteiger partial charge in [-0.1, -0.05) is 19.1 Å². The van der Waals surface area contributed by atoms with Crippen LogP contribution in [0.4, 0.5) is 5.69 Å². The van der Waals surface area contributed by atoms with Gasteiger partial charge in [0, 0.05) is 35.1 Å². The molecule has 2 aromatic carbocycles. The van der Waals surface area contributed by atoms with Crippen LogP contribution in [0.3, 0.4) is 0 Å². The number of carbonyl (C=O) groups excluding carboxylic acids is 2. The van der Waals surface area contributed by atoms with Crippen molar-refractivity contribution in [2.75, 3.05) is 11.9 Å². The fourth-order valence-electron chi connectivity index (χ4n) is 3.83. The van der Waals surface area contributed by atoms with Crippen LogP contribution in [-0.2, 0) is 21.2 Å². The first-order valence-electron chi connectivity index (χ1n) is 11.9. The summed E-state index contributed by atoms with van der Waals surface area (Å²) >= 11 is 1.75. The van der Waals surface area contributed by atoms with Gasteiger partial charge >= 0.3 is 0 Å². The average Bonchev–Trinajstić information content (AvgIpc) is 3.56. The molecule has 1 saturated heterocycles. The Labute approximate surface area is 211 Å². The highest BCUT2D eigenvalue weighted by atomic mass is 32.2. The molecular weight excluding hydrogens is 484 g/mol. The predicted octanol–water partition coefficient (Wildman–Crippen LogP) is 3.17. The summed E-state index contributed by atoms with van der Waals surface area (Å²) in [4.78, 5) is 27.6. The Kier molecular flexibility index (Phi) is 7.85. The van der Waals surface area contributed by atoms with Gasteiger partial charge in [-0.2, -0.15) is 0 Å². The first-order valence-corrected chi connectivity index (χ1v) is 14.3. The van der Waals surface area contributed by atoms with Gasteiger partial charge in [-0.3, -0.25) is 14.9 Å². The van der Waals surface area contributed by atoms with Crippen molar-refractivity contribution in [2.24, 2.45) is 0 Å². The van der Waals surface area contributed by atoms with Crippen molar-refractivity contribution in [2.45, 2.75) is 67.8 Å². The lowest BCUT2D eigenvalue weighted by molar-refractivity contribution is -0.115. The molecule has 188 valence electrons. The molecule has 0 spiro atoms. The quantitative estimate of drug-likeness (QED) is 0.473. The van der Waals surface area contributed by atoms with E-state index in [2.05, 4.69) is 29.2 Å². The van der Waals surface area contributed by atoms with E-state index in [0.29, 0.717) is 34.7 Å². The van der Waals surface area contributed by atoms with E-state index >= 15 is 0 Å². The zero-order chi connectivity index (χ0) is 25.2. The van der Waals surface area contributed by atoms with E-state index in [0.717, 1.165) is 12.8 Å². The van der Waals surface area contributed by atoms with Crippen LogP contribution in [0, 0.1) is 0 Å². The molecule has 0 radical (unpaired) electrons. The second-order valence-corrected chi connectivity index (χ2v) is 12.3. The van der Waals surface area contributed by atoms with Crippen LogP contribution in [-0.4, -0.2) is 54.5 Å². The maximum atomic E-state index is 13.0. The first kappa shape index (κ1) is 25.7. The molecule has 10 heteroatoms. The summed E-state index contributed by atoms with van der Waals surface area (Å²) in [6.45, 7) is 6.84. The number of rotatable bonds is 9. The minimum Gasteiger partial charge on any atom is -0.326 e. The van der Waals surface area contributed by atoms with Gasteiger partial charge in [0.05, 0.1) is 11.3 Å². The lowest BCUT2D eigenvalue weighted by atomic mass is 10.1. The Morgan fingerprint density at radius 2 is 1.71 bits per heavy atom. The van der Waals surface area contributed by atoms with Gasteiger partial charge in [0.2, 0.25) is 15.9 Å². The Balaban J connectivity index is 1.32. The van der Waals surface area contributed by atoms with E-state index in [1.54, 1.807) is 48.2 Å². The maximum absolute atomic E-state index is 13.0. The minimum atomic E-state index is -3.51. The number of sulfonamides is 1. The van der Waals surface area contributed by atoms with Gasteiger partial charge < -0.3 is 10.2 Å². The van der Waals surface area contributed by atoms with Crippen molar-refractivity contribution in [3.8, 4) is 0 Å². The summed E-state index contributed by atoms with van der Waals surface area (Å²) in [5.74, 6) is -0.275. The molecule has 1 saturated carbocycles. The van der Waals surface area contributed by atoms with Gasteiger partial charge in [0.25, 0.3) is 5.91 Å². The number of anilines is 1. The molecule has 8 nitrogen and oxygen atoms in total. The summed E-state index contributed by atoms with van der Waals surface area (Å²) in [5.41, 5.74) is 1.82. The van der Waals surface area contributed by atoms with E-state index in [9.17, 15) is 18.0 Å². The highest BCUT2D eigenvalue weighted by Crippen LogP contribution is 2.30. The van der Waals surface area contributed by atoms with E-state index in [1.165, 1.54) is 12.1 Å². The highest BCUT2D eigenvalue weighted by Gasteiger charge is 2.34. The number of amides is 2. The van der Waals surface area contributed by atoms with Gasteiger partial charge in [-0.25, -0.2) is 13.1 Å². The molecule has 2 fully saturated rings. The molecule has 0 aromatic heterocycles. The van der Waals surface area contributed by atoms with Crippen molar-refractivity contribution < 1.29 is 18.0 Å². The molecule has 1 heterocycles. The number of carbonyl (C=O) groups is 2. The molecule has 3 atom stereocenters. The van der Waals surface area contributed by atoms with Crippen molar-refractivity contribution in [1.82, 2.24) is 14.9 Å². The largest absolute Gasteiger partial charge is 0.326 e. The molecule has 2 amide bonds. The third-order valence-corrected chi connectivity index (χ3v) is 9.27. The lowest BCUT2D eigenvalue weighted by Gasteiger charge is -2.27. The molecule has 1 aliphatic carbocycles. The van der Waals surface area contributed by atoms with Crippen molar-refractivity contribution in [3.63, 3.8) is 0 Å². The third-order valence-electron chi connectivity index (χ3n) is 6.25. The monoisotopic (exact) mass is 516 g/mol. The van der Waals surface area contributed by atoms with E-state index in [1.807, 2.05) is 11.8 Å². The molecule has 3 N–H and O–H groups in total. The van der Waals surface area contributed by atoms with E-state index in [-0.39, 0.29) is 34.7 Å². The number of thioether (sulfide) groups is 1. The van der Waals surface area contributed by atoms with Crippen LogP contribution in [0.2, 0.25) is 0 Å². The van der Waals surface area contributed by atoms with Crippen LogP contribution in [0.25, 0.3) is 0 Å². The van der Waals surface area contributed by atoms with E-state index < -0.39 is 10.0 Å². The smallest absolute Gasteiger partial charge is 0.255 e. The number of benzene rings is 2. The summed E-state index contributed by atoms with van der Waals surface area (Å²) in [6.07, 6.45) is 1.86. The fraction of sp³-hybridized carbons (Fsp3) is 0.440. The van der Waals surface area contributed by atoms with Crippen LogP contribution < -0.4 is 15.4 Å². The zero-order valence-corrected chi connectivity index (χ0v) is 21.8. The van der Waals surface area contributed by atoms with Gasteiger partial charge in [0.1, 0.15) is 5.50 Å². The van der Waals surface area contributed by atoms with Crippen LogP contribution in [0.15, 0.2) is 53.4 Å². The van der Waals surface area contributed by atoms with Crippen LogP contribution in [0.1, 0.15) is 49.5 Å². The van der Waals surface area contributed by atoms with Crippen LogP contribution in [0.5, 0.6) is 0 Å².